The Hall–Kier alpha value is -1.03. The molecule has 0 aliphatic rings. The smallest absolute Gasteiger partial charge is 0.876 e. The normalized spacial score (nSPS) is 10.9. The minimum atomic E-state index is -0.187. The van der Waals surface area contributed by atoms with E-state index in [2.05, 4.69) is 0 Å². The van der Waals surface area contributed by atoms with Crippen molar-refractivity contribution >= 4 is 17.3 Å². The van der Waals surface area contributed by atoms with Gasteiger partial charge in [0.05, 0.1) is 0 Å². The van der Waals surface area contributed by atoms with Crippen LogP contribution in [-0.4, -0.2) is 17.3 Å². The fraction of sp³-hybridized carbons (Fsp3) is 0.400. The number of hydrogen-bond acceptors (Lipinski definition) is 6. The molecule has 123 valence electrons. The van der Waals surface area contributed by atoms with Crippen molar-refractivity contribution in [3.8, 4) is 0 Å². The Morgan fingerprint density at radius 2 is 0.682 bits per heavy atom. The van der Waals surface area contributed by atoms with Crippen LogP contribution < -0.4 is 15.3 Å². The van der Waals surface area contributed by atoms with Crippen molar-refractivity contribution in [3.63, 3.8) is 0 Å². The van der Waals surface area contributed by atoms with E-state index in [0.717, 1.165) is 18.2 Å². The van der Waals surface area contributed by atoms with Crippen molar-refractivity contribution in [2.75, 3.05) is 0 Å². The standard InChI is InChI=1S/3C5H8O2.Sm/c3*1-4(6)3-5(2)7;/h3*3,6H,1-2H3;/q;;;+3/p-3/b3*4-3+;. The van der Waals surface area contributed by atoms with E-state index in [1.807, 2.05) is 0 Å². The molecule has 0 N–H and O–H groups in total. The quantitative estimate of drug-likeness (QED) is 0.425. The molecule has 0 rings (SSSR count). The molecule has 0 saturated heterocycles. The molecule has 0 bridgehead atoms. The topological polar surface area (TPSA) is 120 Å². The van der Waals surface area contributed by atoms with Crippen molar-refractivity contribution in [1.29, 1.82) is 0 Å². The zero-order valence-corrected chi connectivity index (χ0v) is 16.2. The van der Waals surface area contributed by atoms with E-state index in [0.29, 0.717) is 0 Å². The maximum Gasteiger partial charge on any atom is 3.00 e. The summed E-state index contributed by atoms with van der Waals surface area (Å²) >= 11 is 0. The fourth-order valence-corrected chi connectivity index (χ4v) is 0.859. The predicted molar refractivity (Wildman–Crippen MR) is 73.3 cm³/mol. The van der Waals surface area contributed by atoms with Gasteiger partial charge in [0, 0.05) is 0 Å². The molecule has 6 nitrogen and oxygen atoms in total. The van der Waals surface area contributed by atoms with Crippen molar-refractivity contribution in [2.24, 2.45) is 0 Å². The first-order chi connectivity index (χ1) is 9.38. The van der Waals surface area contributed by atoms with Crippen LogP contribution in [-0.2, 0) is 14.4 Å². The Morgan fingerprint density at radius 1 is 0.545 bits per heavy atom. The van der Waals surface area contributed by atoms with Gasteiger partial charge in [-0.25, -0.2) is 0 Å². The Labute approximate surface area is 163 Å². The third-order valence-corrected chi connectivity index (χ3v) is 1.22. The van der Waals surface area contributed by atoms with Gasteiger partial charge in [-0.2, -0.15) is 0 Å². The van der Waals surface area contributed by atoms with Crippen LogP contribution in [0.4, 0.5) is 0 Å². The van der Waals surface area contributed by atoms with Crippen molar-refractivity contribution in [3.05, 3.63) is 35.5 Å². The molecule has 0 aliphatic carbocycles. The zero-order chi connectivity index (χ0) is 17.6. The first-order valence-corrected chi connectivity index (χ1v) is 5.96. The maximum atomic E-state index is 9.98. The summed E-state index contributed by atoms with van der Waals surface area (Å²) in [4.78, 5) is 29.9. The van der Waals surface area contributed by atoms with Crippen LogP contribution in [0.2, 0.25) is 0 Å². The van der Waals surface area contributed by atoms with Crippen molar-refractivity contribution in [2.45, 2.75) is 41.5 Å². The zero-order valence-electron chi connectivity index (χ0n) is 13.6. The predicted octanol–water partition coefficient (Wildman–Crippen LogP) is -0.481. The largest absolute Gasteiger partial charge is 3.00 e. The van der Waals surface area contributed by atoms with E-state index < -0.39 is 0 Å². The molecule has 0 fully saturated rings. The van der Waals surface area contributed by atoms with Gasteiger partial charge >= 0.3 is 40.4 Å². The Bertz CT molecular complexity index is 368. The molecule has 0 heterocycles. The summed E-state index contributed by atoms with van der Waals surface area (Å²) in [5, 5.41) is 29.9. The summed E-state index contributed by atoms with van der Waals surface area (Å²) in [6.45, 7) is 8.09. The summed E-state index contributed by atoms with van der Waals surface area (Å²) in [5.41, 5.74) is 0. The number of rotatable bonds is 3. The van der Waals surface area contributed by atoms with E-state index in [1.165, 1.54) is 41.5 Å². The van der Waals surface area contributed by atoms with Crippen LogP contribution >= 0.6 is 0 Å². The van der Waals surface area contributed by atoms with Crippen LogP contribution in [0.1, 0.15) is 41.5 Å². The van der Waals surface area contributed by atoms with Gasteiger partial charge in [0.1, 0.15) is 0 Å². The van der Waals surface area contributed by atoms with Gasteiger partial charge in [-0.05, 0) is 39.0 Å². The number of ketones is 3. The Morgan fingerprint density at radius 3 is 0.682 bits per heavy atom. The Balaban J connectivity index is -0.000000108. The van der Waals surface area contributed by atoms with E-state index in [1.54, 1.807) is 0 Å². The molecular weight excluding hydrogens is 427 g/mol. The Kier molecular flexibility index (Phi) is 23.8. The molecule has 7 heteroatoms. The van der Waals surface area contributed by atoms with E-state index in [4.69, 9.17) is 0 Å². The molecule has 0 aromatic heterocycles. The monoisotopic (exact) mass is 449 g/mol. The summed E-state index contributed by atoms with van der Waals surface area (Å²) in [6, 6.07) is 0. The summed E-state index contributed by atoms with van der Waals surface area (Å²) in [5.74, 6) is -1.12. The van der Waals surface area contributed by atoms with Gasteiger partial charge in [-0.3, -0.25) is 14.4 Å². The first kappa shape index (κ1) is 29.0. The minimum absolute atomic E-state index is 0. The average Bonchev–Trinajstić information content (AvgIpc) is 2.10. The third-order valence-electron chi connectivity index (χ3n) is 1.22. The molecule has 0 amide bonds. The van der Waals surface area contributed by atoms with E-state index >= 15 is 0 Å². The second kappa shape index (κ2) is 18.0. The molecule has 22 heavy (non-hydrogen) atoms. The van der Waals surface area contributed by atoms with E-state index in [9.17, 15) is 29.7 Å². The third kappa shape index (κ3) is 50.9. The van der Waals surface area contributed by atoms with Crippen molar-refractivity contribution < 1.29 is 70.1 Å². The second-order valence-electron chi connectivity index (χ2n) is 4.10. The number of carbonyl (C=O) groups is 3. The molecule has 0 saturated carbocycles. The van der Waals surface area contributed by atoms with Crippen molar-refractivity contribution in [1.82, 2.24) is 0 Å². The molecule has 0 aromatic carbocycles. The van der Waals surface area contributed by atoms with Gasteiger partial charge in [-0.15, -0.1) is 17.3 Å². The average molecular weight is 448 g/mol. The maximum absolute atomic E-state index is 9.98. The van der Waals surface area contributed by atoms with Gasteiger partial charge in [0.2, 0.25) is 0 Å². The summed E-state index contributed by atoms with van der Waals surface area (Å²) < 4.78 is 0. The van der Waals surface area contributed by atoms with Crippen LogP contribution in [0, 0.1) is 40.4 Å². The van der Waals surface area contributed by atoms with Crippen LogP contribution in [0.25, 0.3) is 0 Å². The number of allylic oxidation sites excluding steroid dienone is 6. The molecule has 0 atom stereocenters. The summed E-state index contributed by atoms with van der Waals surface area (Å²) in [7, 11) is 0. The molecule has 0 aliphatic heterocycles. The van der Waals surface area contributed by atoms with Gasteiger partial charge in [-0.1, -0.05) is 20.8 Å². The van der Waals surface area contributed by atoms with Crippen LogP contribution in [0.5, 0.6) is 0 Å². The molecular formula is C15H21O6Sm. The van der Waals surface area contributed by atoms with Crippen LogP contribution in [0.3, 0.4) is 0 Å². The van der Waals surface area contributed by atoms with Crippen LogP contribution in [0.15, 0.2) is 35.5 Å². The minimum Gasteiger partial charge on any atom is -0.876 e. The van der Waals surface area contributed by atoms with Gasteiger partial charge < -0.3 is 15.3 Å². The SMILES string of the molecule is CC(=O)/C=C(\C)[O-].CC(=O)/C=C(\C)[O-].CC(=O)/C=C(\C)[O-].[Sm+3]. The molecule has 0 spiro atoms. The van der Waals surface area contributed by atoms with E-state index in [-0.39, 0.29) is 75.0 Å². The fourth-order valence-electron chi connectivity index (χ4n) is 0.859. The molecule has 0 unspecified atom stereocenters. The summed E-state index contributed by atoms with van der Waals surface area (Å²) in [6.07, 6.45) is 3.17. The van der Waals surface area contributed by atoms with Gasteiger partial charge in [0.25, 0.3) is 0 Å². The molecule has 0 aromatic rings. The second-order valence-corrected chi connectivity index (χ2v) is 4.10. The number of carbonyl (C=O) groups excluding carboxylic acids is 3. The molecule has 1 radical (unpaired) electrons. The number of hydrogen-bond donors (Lipinski definition) is 0. The van der Waals surface area contributed by atoms with Gasteiger partial charge in [0.15, 0.2) is 17.3 Å². The first-order valence-electron chi connectivity index (χ1n) is 5.96.